The molecule has 0 aliphatic carbocycles. The van der Waals surface area contributed by atoms with Crippen molar-refractivity contribution < 1.29 is 24.7 Å². The number of rotatable bonds is 17. The van der Waals surface area contributed by atoms with Crippen LogP contribution in [0.4, 0.5) is 11.4 Å². The number of imide groups is 1. The standard InChI is InChI=1S/C23H26N2O3.C15H24N2O.2CH4.H4N2.H2O/c1-2-3-8-17-12-14-18(15-13-17)24-21(26)11-6-7-16-25-22(27)19-9-4-5-10-20(19)23(25)28;1-2-3-6-13-8-10-14(11-9-13)17-15(18)7-4-5-12-16;;;1-2;/h4-5,9-10,12-15H,2-3,6-8,11,16H2,1H3,(H,24,26);8-11H,2-7,12,16H2,1H3,(H,17,18);2*1H4;1-2H2;1H2. The number of hydrazine groups is 1. The second-order valence-electron chi connectivity index (χ2n) is 11.7. The van der Waals surface area contributed by atoms with Crippen molar-refractivity contribution in [3.05, 3.63) is 95.1 Å². The summed E-state index contributed by atoms with van der Waals surface area (Å²) < 4.78 is 0. The van der Waals surface area contributed by atoms with Gasteiger partial charge in [-0.25, -0.2) is 0 Å². The zero-order valence-electron chi connectivity index (χ0n) is 29.1. The molecule has 3 aromatic carbocycles. The van der Waals surface area contributed by atoms with E-state index in [-0.39, 0.29) is 44.0 Å². The molecule has 0 bridgehead atoms. The van der Waals surface area contributed by atoms with Crippen LogP contribution in [-0.2, 0) is 22.4 Å². The van der Waals surface area contributed by atoms with Crippen LogP contribution in [-0.4, -0.2) is 47.1 Å². The molecular formula is C40H64N6O5. The summed E-state index contributed by atoms with van der Waals surface area (Å²) >= 11 is 0. The van der Waals surface area contributed by atoms with Crippen molar-refractivity contribution in [3.63, 3.8) is 0 Å². The van der Waals surface area contributed by atoms with Crippen molar-refractivity contribution in [2.75, 3.05) is 23.7 Å². The number of hydrogen-bond donors (Lipinski definition) is 5. The number of nitrogens with zero attached hydrogens (tertiary/aromatic N) is 1. The number of anilines is 2. The quantitative estimate of drug-likeness (QED) is 0.0438. The highest BCUT2D eigenvalue weighted by Gasteiger charge is 2.34. The average Bonchev–Trinajstić information content (AvgIpc) is 3.35. The van der Waals surface area contributed by atoms with E-state index in [0.29, 0.717) is 49.9 Å². The Morgan fingerprint density at radius 1 is 0.608 bits per heavy atom. The third kappa shape index (κ3) is 17.4. The van der Waals surface area contributed by atoms with Gasteiger partial charge in [0.25, 0.3) is 11.8 Å². The van der Waals surface area contributed by atoms with Crippen LogP contribution in [0.1, 0.15) is 125 Å². The molecule has 0 atom stereocenters. The Balaban J connectivity index is 0. The minimum Gasteiger partial charge on any atom is -0.412 e. The number of hydrogen-bond acceptors (Lipinski definition) is 7. The highest BCUT2D eigenvalue weighted by molar-refractivity contribution is 6.21. The van der Waals surface area contributed by atoms with Crippen LogP contribution in [0, 0.1) is 0 Å². The molecule has 4 rings (SSSR count). The first-order valence-electron chi connectivity index (χ1n) is 17.1. The number of amides is 4. The lowest BCUT2D eigenvalue weighted by atomic mass is 10.1. The van der Waals surface area contributed by atoms with E-state index in [1.807, 2.05) is 36.4 Å². The van der Waals surface area contributed by atoms with Crippen molar-refractivity contribution in [3.8, 4) is 0 Å². The van der Waals surface area contributed by atoms with Gasteiger partial charge in [-0.1, -0.05) is 77.9 Å². The molecular weight excluding hydrogens is 644 g/mol. The Labute approximate surface area is 306 Å². The third-order valence-corrected chi connectivity index (χ3v) is 7.89. The normalized spacial score (nSPS) is 10.9. The van der Waals surface area contributed by atoms with Crippen LogP contribution < -0.4 is 28.1 Å². The zero-order valence-corrected chi connectivity index (χ0v) is 29.1. The molecule has 0 radical (unpaired) electrons. The maximum Gasteiger partial charge on any atom is 0.261 e. The van der Waals surface area contributed by atoms with E-state index in [1.165, 1.54) is 41.7 Å². The number of benzene rings is 3. The largest absolute Gasteiger partial charge is 0.412 e. The molecule has 0 aromatic heterocycles. The van der Waals surface area contributed by atoms with Gasteiger partial charge in [-0.15, -0.1) is 0 Å². The highest BCUT2D eigenvalue weighted by Crippen LogP contribution is 2.23. The van der Waals surface area contributed by atoms with Gasteiger partial charge in [-0.2, -0.15) is 0 Å². The summed E-state index contributed by atoms with van der Waals surface area (Å²) in [7, 11) is 0. The number of nitrogens with two attached hydrogens (primary N) is 3. The zero-order chi connectivity index (χ0) is 35.1. The molecule has 4 amide bonds. The van der Waals surface area contributed by atoms with Gasteiger partial charge in [0, 0.05) is 30.8 Å². The molecule has 11 nitrogen and oxygen atoms in total. The maximum absolute atomic E-state index is 12.3. The van der Waals surface area contributed by atoms with E-state index >= 15 is 0 Å². The molecule has 0 spiro atoms. The second-order valence-corrected chi connectivity index (χ2v) is 11.7. The van der Waals surface area contributed by atoms with Gasteiger partial charge in [0.05, 0.1) is 11.1 Å². The maximum atomic E-state index is 12.3. The van der Waals surface area contributed by atoms with Crippen LogP contribution >= 0.6 is 0 Å². The number of fused-ring (bicyclic) bond motifs is 1. The number of unbranched alkanes of at least 4 members (excludes halogenated alkanes) is 4. The number of carbonyl (C=O) groups excluding carboxylic acids is 4. The van der Waals surface area contributed by atoms with Crippen molar-refractivity contribution in [1.29, 1.82) is 0 Å². The molecule has 0 saturated heterocycles. The Morgan fingerprint density at radius 3 is 1.37 bits per heavy atom. The summed E-state index contributed by atoms with van der Waals surface area (Å²) in [6.45, 7) is 5.35. The fraction of sp³-hybridized carbons (Fsp3) is 0.450. The van der Waals surface area contributed by atoms with E-state index in [0.717, 1.165) is 37.1 Å². The van der Waals surface area contributed by atoms with Gasteiger partial charge in [0.2, 0.25) is 11.8 Å². The molecule has 51 heavy (non-hydrogen) atoms. The Hall–Kier alpha value is -4.42. The van der Waals surface area contributed by atoms with E-state index in [2.05, 4.69) is 48.3 Å². The Bertz CT molecular complexity index is 1380. The number of nitrogens with one attached hydrogen (secondary N) is 2. The van der Waals surface area contributed by atoms with Crippen LogP contribution in [0.3, 0.4) is 0 Å². The molecule has 0 saturated carbocycles. The topological polar surface area (TPSA) is 205 Å². The van der Waals surface area contributed by atoms with Gasteiger partial charge in [-0.3, -0.25) is 35.8 Å². The van der Waals surface area contributed by atoms with E-state index in [9.17, 15) is 19.2 Å². The SMILES string of the molecule is C.C.CCCCc1ccc(NC(=O)CCCCN)cc1.CCCCc1ccc(NC(=O)CCCCN2C(=O)c3ccccc3C2=O)cc1.NN.O. The van der Waals surface area contributed by atoms with Gasteiger partial charge in [-0.05, 0) is 105 Å². The van der Waals surface area contributed by atoms with Crippen LogP contribution in [0.5, 0.6) is 0 Å². The second kappa shape index (κ2) is 28.3. The molecule has 1 heterocycles. The van der Waals surface area contributed by atoms with Crippen LogP contribution in [0.25, 0.3) is 0 Å². The van der Waals surface area contributed by atoms with Crippen molar-refractivity contribution in [2.45, 2.75) is 106 Å². The smallest absolute Gasteiger partial charge is 0.261 e. The lowest BCUT2D eigenvalue weighted by Gasteiger charge is -2.13. The molecule has 11 heteroatoms. The molecule has 284 valence electrons. The summed E-state index contributed by atoms with van der Waals surface area (Å²) in [5, 5.41) is 5.80. The predicted molar refractivity (Wildman–Crippen MR) is 211 cm³/mol. The van der Waals surface area contributed by atoms with Gasteiger partial charge in [0.1, 0.15) is 0 Å². The fourth-order valence-electron chi connectivity index (χ4n) is 5.15. The van der Waals surface area contributed by atoms with Crippen molar-refractivity contribution >= 4 is 35.0 Å². The Kier molecular flexibility index (Phi) is 27.0. The van der Waals surface area contributed by atoms with Crippen molar-refractivity contribution in [1.82, 2.24) is 4.90 Å². The van der Waals surface area contributed by atoms with Crippen molar-refractivity contribution in [2.24, 2.45) is 17.4 Å². The number of carbonyl (C=O) groups is 4. The first kappa shape index (κ1) is 48.7. The summed E-state index contributed by atoms with van der Waals surface area (Å²) in [5.41, 5.74) is 10.6. The minimum atomic E-state index is -0.242. The third-order valence-electron chi connectivity index (χ3n) is 7.89. The highest BCUT2D eigenvalue weighted by atomic mass is 16.2. The molecule has 0 unspecified atom stereocenters. The van der Waals surface area contributed by atoms with E-state index in [4.69, 9.17) is 5.73 Å². The van der Waals surface area contributed by atoms with Gasteiger partial charge in [0.15, 0.2) is 0 Å². The minimum absolute atomic E-state index is 0. The van der Waals surface area contributed by atoms with Crippen LogP contribution in [0.15, 0.2) is 72.8 Å². The molecule has 3 aromatic rings. The molecule has 0 fully saturated rings. The summed E-state index contributed by atoms with van der Waals surface area (Å²) in [4.78, 5) is 49.6. The monoisotopic (exact) mass is 708 g/mol. The first-order chi connectivity index (χ1) is 23.4. The molecule has 10 N–H and O–H groups in total. The Morgan fingerprint density at radius 2 is 1.00 bits per heavy atom. The van der Waals surface area contributed by atoms with E-state index < -0.39 is 0 Å². The molecule has 1 aliphatic heterocycles. The molecule has 1 aliphatic rings. The lowest BCUT2D eigenvalue weighted by Crippen LogP contribution is -2.30. The average molecular weight is 709 g/mol. The summed E-state index contributed by atoms with van der Waals surface area (Å²) in [5.74, 6) is 7.54. The lowest BCUT2D eigenvalue weighted by molar-refractivity contribution is -0.117. The van der Waals surface area contributed by atoms with Crippen LogP contribution in [0.2, 0.25) is 0 Å². The number of aryl methyl sites for hydroxylation is 2. The van der Waals surface area contributed by atoms with Gasteiger partial charge >= 0.3 is 0 Å². The fourth-order valence-corrected chi connectivity index (χ4v) is 5.15. The van der Waals surface area contributed by atoms with Gasteiger partial charge < -0.3 is 21.8 Å². The summed E-state index contributed by atoms with van der Waals surface area (Å²) in [6.07, 6.45) is 10.8. The summed E-state index contributed by atoms with van der Waals surface area (Å²) in [6, 6.07) is 23.0. The van der Waals surface area contributed by atoms with E-state index in [1.54, 1.807) is 24.3 Å². The predicted octanol–water partition coefficient (Wildman–Crippen LogP) is 6.80. The first-order valence-corrected chi connectivity index (χ1v) is 17.1.